The fraction of sp³-hybridized carbons (Fsp3) is 0.476. The van der Waals surface area contributed by atoms with Crippen molar-refractivity contribution in [2.24, 2.45) is 5.41 Å². The molecular formula is C21H27Cl2NO. The molecule has 1 unspecified atom stereocenters. The fourth-order valence-corrected chi connectivity index (χ4v) is 4.13. The van der Waals surface area contributed by atoms with Crippen molar-refractivity contribution in [1.29, 1.82) is 0 Å². The van der Waals surface area contributed by atoms with E-state index in [1.807, 2.05) is 24.3 Å². The molecule has 0 heterocycles. The number of allylic oxidation sites excluding steroid dienone is 3. The van der Waals surface area contributed by atoms with Gasteiger partial charge < -0.3 is 4.90 Å². The van der Waals surface area contributed by atoms with Gasteiger partial charge in [-0.1, -0.05) is 35.4 Å². The molecule has 25 heavy (non-hydrogen) atoms. The van der Waals surface area contributed by atoms with Crippen molar-refractivity contribution in [3.05, 3.63) is 52.1 Å². The number of hydrogen-bond acceptors (Lipinski definition) is 2. The average Bonchev–Trinajstić information content (AvgIpc) is 3.19. The zero-order valence-corrected chi connectivity index (χ0v) is 16.6. The Kier molecular flexibility index (Phi) is 6.90. The van der Waals surface area contributed by atoms with E-state index in [0.29, 0.717) is 5.78 Å². The number of carbonyl (C=O) groups excluding carboxylic acids is 1. The predicted molar refractivity (Wildman–Crippen MR) is 108 cm³/mol. The molecule has 0 radical (unpaired) electrons. The second-order valence-electron chi connectivity index (χ2n) is 7.31. The lowest BCUT2D eigenvalue weighted by atomic mass is 9.74. The lowest BCUT2D eigenvalue weighted by Crippen LogP contribution is -2.32. The van der Waals surface area contributed by atoms with Gasteiger partial charge in [-0.2, -0.15) is 0 Å². The summed E-state index contributed by atoms with van der Waals surface area (Å²) in [7, 11) is 4.17. The molecule has 2 nitrogen and oxygen atoms in total. The third-order valence-corrected chi connectivity index (χ3v) is 5.65. The van der Waals surface area contributed by atoms with Gasteiger partial charge in [0.1, 0.15) is 0 Å². The van der Waals surface area contributed by atoms with Gasteiger partial charge in [0.15, 0.2) is 5.78 Å². The number of hydrogen-bond donors (Lipinski definition) is 0. The number of halogens is 2. The fourth-order valence-electron chi connectivity index (χ4n) is 4.01. The molecule has 136 valence electrons. The van der Waals surface area contributed by atoms with Crippen LogP contribution in [0.4, 0.5) is 0 Å². The summed E-state index contributed by atoms with van der Waals surface area (Å²) in [4.78, 5) is 15.5. The Morgan fingerprint density at radius 3 is 2.52 bits per heavy atom. The highest BCUT2D eigenvalue weighted by Crippen LogP contribution is 2.50. The second-order valence-corrected chi connectivity index (χ2v) is 7.74. The van der Waals surface area contributed by atoms with Crippen LogP contribution in [-0.4, -0.2) is 31.3 Å². The Balaban J connectivity index is 0.00000225. The highest BCUT2D eigenvalue weighted by atomic mass is 35.5. The molecule has 2 aliphatic carbocycles. The van der Waals surface area contributed by atoms with Crippen LogP contribution >= 0.6 is 24.0 Å². The van der Waals surface area contributed by atoms with Crippen LogP contribution in [0.2, 0.25) is 5.02 Å². The maximum atomic E-state index is 13.3. The van der Waals surface area contributed by atoms with Gasteiger partial charge in [-0.25, -0.2) is 0 Å². The highest BCUT2D eigenvalue weighted by molar-refractivity contribution is 6.30. The summed E-state index contributed by atoms with van der Waals surface area (Å²) in [5.74, 6) is 0.354. The molecule has 1 aromatic rings. The SMILES string of the molecule is CN(C)CCC1(C2=CCCC2)CC/C(=C\c2ccc(Cl)cc2)C1=O.Cl. The Morgan fingerprint density at radius 1 is 1.20 bits per heavy atom. The van der Waals surface area contributed by atoms with Crippen LogP contribution in [0.25, 0.3) is 6.08 Å². The van der Waals surface area contributed by atoms with Crippen LogP contribution in [0.1, 0.15) is 44.1 Å². The monoisotopic (exact) mass is 379 g/mol. The van der Waals surface area contributed by atoms with Gasteiger partial charge in [-0.05, 0) is 88.5 Å². The van der Waals surface area contributed by atoms with Crippen molar-refractivity contribution in [2.45, 2.75) is 38.5 Å². The largest absolute Gasteiger partial charge is 0.309 e. The zero-order chi connectivity index (χ0) is 17.2. The zero-order valence-electron chi connectivity index (χ0n) is 15.1. The molecule has 0 aromatic heterocycles. The molecule has 0 bridgehead atoms. The highest BCUT2D eigenvalue weighted by Gasteiger charge is 2.47. The van der Waals surface area contributed by atoms with Gasteiger partial charge in [0.25, 0.3) is 0 Å². The molecule has 0 spiro atoms. The van der Waals surface area contributed by atoms with Crippen LogP contribution in [0.15, 0.2) is 41.5 Å². The first-order chi connectivity index (χ1) is 11.5. The van der Waals surface area contributed by atoms with E-state index < -0.39 is 0 Å². The molecule has 1 aromatic carbocycles. The number of rotatable bonds is 5. The first-order valence-corrected chi connectivity index (χ1v) is 9.24. The normalized spacial score (nSPS) is 24.7. The van der Waals surface area contributed by atoms with E-state index >= 15 is 0 Å². The first-order valence-electron chi connectivity index (χ1n) is 8.86. The molecule has 0 aliphatic heterocycles. The number of benzene rings is 1. The molecule has 1 fully saturated rings. The quantitative estimate of drug-likeness (QED) is 0.493. The summed E-state index contributed by atoms with van der Waals surface area (Å²) in [6, 6.07) is 7.73. The Bertz CT molecular complexity index is 676. The average molecular weight is 380 g/mol. The van der Waals surface area contributed by atoms with Gasteiger partial charge >= 0.3 is 0 Å². The number of Topliss-reactive ketones (excluding diaryl/α,β-unsaturated/α-hetero) is 1. The molecular weight excluding hydrogens is 353 g/mol. The van der Waals surface area contributed by atoms with Crippen molar-refractivity contribution >= 4 is 35.9 Å². The van der Waals surface area contributed by atoms with Gasteiger partial charge in [0, 0.05) is 5.02 Å². The second kappa shape index (κ2) is 8.53. The third kappa shape index (κ3) is 4.36. The van der Waals surface area contributed by atoms with Crippen molar-refractivity contribution in [1.82, 2.24) is 4.90 Å². The summed E-state index contributed by atoms with van der Waals surface area (Å²) in [5.41, 5.74) is 3.18. The third-order valence-electron chi connectivity index (χ3n) is 5.40. The Hall–Kier alpha value is -1.09. The maximum absolute atomic E-state index is 13.3. The standard InChI is InChI=1S/C21H26ClNO.ClH/c1-23(2)14-13-21(18-5-3-4-6-18)12-11-17(20(21)24)15-16-7-9-19(22)10-8-16;/h5,7-10,15H,3-4,6,11-14H2,1-2H3;1H/b17-15+;. The van der Waals surface area contributed by atoms with Gasteiger partial charge in [-0.15, -0.1) is 12.4 Å². The van der Waals surface area contributed by atoms with Crippen molar-refractivity contribution < 1.29 is 4.79 Å². The molecule has 0 amide bonds. The lowest BCUT2D eigenvalue weighted by Gasteiger charge is -2.30. The minimum Gasteiger partial charge on any atom is -0.309 e. The Morgan fingerprint density at radius 2 is 1.92 bits per heavy atom. The van der Waals surface area contributed by atoms with E-state index in [4.69, 9.17) is 11.6 Å². The summed E-state index contributed by atoms with van der Waals surface area (Å²) in [6.07, 6.45) is 10.6. The van der Waals surface area contributed by atoms with E-state index in [0.717, 1.165) is 54.8 Å². The van der Waals surface area contributed by atoms with Crippen LogP contribution in [0.3, 0.4) is 0 Å². The summed E-state index contributed by atoms with van der Waals surface area (Å²) >= 11 is 5.96. The minimum absolute atomic E-state index is 0. The van der Waals surface area contributed by atoms with Crippen LogP contribution < -0.4 is 0 Å². The molecule has 0 saturated heterocycles. The predicted octanol–water partition coefficient (Wildman–Crippen LogP) is 5.56. The van der Waals surface area contributed by atoms with E-state index in [1.54, 1.807) is 0 Å². The first kappa shape index (κ1) is 20.2. The maximum Gasteiger partial charge on any atom is 0.169 e. The topological polar surface area (TPSA) is 20.3 Å². The number of ketones is 1. The Labute approximate surface area is 162 Å². The van der Waals surface area contributed by atoms with E-state index in [2.05, 4.69) is 31.1 Å². The summed E-state index contributed by atoms with van der Waals surface area (Å²) < 4.78 is 0. The summed E-state index contributed by atoms with van der Waals surface area (Å²) in [5, 5.41) is 0.728. The molecule has 1 atom stereocenters. The van der Waals surface area contributed by atoms with Gasteiger partial charge in [0.2, 0.25) is 0 Å². The lowest BCUT2D eigenvalue weighted by molar-refractivity contribution is -0.121. The van der Waals surface area contributed by atoms with Gasteiger partial charge in [-0.3, -0.25) is 4.79 Å². The van der Waals surface area contributed by atoms with Crippen molar-refractivity contribution in [3.63, 3.8) is 0 Å². The van der Waals surface area contributed by atoms with E-state index in [1.165, 1.54) is 12.0 Å². The van der Waals surface area contributed by atoms with Crippen molar-refractivity contribution in [2.75, 3.05) is 20.6 Å². The van der Waals surface area contributed by atoms with E-state index in [9.17, 15) is 4.79 Å². The van der Waals surface area contributed by atoms with Crippen molar-refractivity contribution in [3.8, 4) is 0 Å². The minimum atomic E-state index is -0.251. The van der Waals surface area contributed by atoms with Crippen LogP contribution in [-0.2, 0) is 4.79 Å². The molecule has 4 heteroatoms. The number of carbonyl (C=O) groups is 1. The van der Waals surface area contributed by atoms with Gasteiger partial charge in [0.05, 0.1) is 5.41 Å². The van der Waals surface area contributed by atoms with Crippen LogP contribution in [0, 0.1) is 5.41 Å². The summed E-state index contributed by atoms with van der Waals surface area (Å²) in [6.45, 7) is 0.956. The van der Waals surface area contributed by atoms with Crippen LogP contribution in [0.5, 0.6) is 0 Å². The molecule has 1 saturated carbocycles. The molecule has 0 N–H and O–H groups in total. The molecule has 3 rings (SSSR count). The van der Waals surface area contributed by atoms with E-state index in [-0.39, 0.29) is 17.8 Å². The number of nitrogens with zero attached hydrogens (tertiary/aromatic N) is 1. The molecule has 2 aliphatic rings. The smallest absolute Gasteiger partial charge is 0.169 e.